The van der Waals surface area contributed by atoms with Crippen LogP contribution in [-0.2, 0) is 28.8 Å². The van der Waals surface area contributed by atoms with Crippen LogP contribution >= 0.6 is 23.5 Å². The molecular weight excluding hydrogens is 1240 g/mol. The number of Topliss-reactive ketones (excluding diaryl/α,β-unsaturated/α-hetero) is 2. The maximum Gasteiger partial charge on any atom is 0.315 e. The molecule has 0 bridgehead atoms. The molecule has 7 aliphatic rings. The van der Waals surface area contributed by atoms with E-state index in [1.165, 1.54) is 32.1 Å². The maximum atomic E-state index is 13.1. The van der Waals surface area contributed by atoms with Gasteiger partial charge in [0.05, 0.1) is 24.2 Å². The number of hydrogen-bond acceptors (Lipinski definition) is 17. The first-order valence-corrected chi connectivity index (χ1v) is 39.7. The monoisotopic (exact) mass is 1360 g/mol. The predicted molar refractivity (Wildman–Crippen MR) is 380 cm³/mol. The van der Waals surface area contributed by atoms with Gasteiger partial charge < -0.3 is 63.0 Å². The molecular formula is C70H119N15O8S2. The van der Waals surface area contributed by atoms with Gasteiger partial charge in [0, 0.05) is 137 Å². The third kappa shape index (κ3) is 27.6. The molecule has 6 atom stereocenters. The molecule has 8 rings (SSSR count). The Hall–Kier alpha value is -5.17. The van der Waals surface area contributed by atoms with E-state index in [9.17, 15) is 38.4 Å². The second-order valence-corrected chi connectivity index (χ2v) is 30.8. The minimum atomic E-state index is -0.0644. The molecule has 0 spiro atoms. The van der Waals surface area contributed by atoms with Crippen molar-refractivity contribution in [1.82, 2.24) is 57.5 Å². The predicted octanol–water partition coefficient (Wildman–Crippen LogP) is 8.93. The SMILES string of the molecule is NCCCCCC(=O)NC1CCN(c2nc(N3CCC(NC(=O)CCCCCCCCCCCCC(=O)CCCCC4SCC5NC(=O)NC54)CC3)nc(N3CCC(NC(=O)CCCCCCC(=O)CCCCCNC(=O)CCCCC4SCC5NC(=O)NC54)CC3)n2)CC1. The van der Waals surface area contributed by atoms with Crippen molar-refractivity contribution < 1.29 is 38.4 Å². The molecule has 95 heavy (non-hydrogen) atoms. The largest absolute Gasteiger partial charge is 0.356 e. The number of hydrogen-bond donors (Lipinski definition) is 9. The first kappa shape index (κ1) is 75.6. The highest BCUT2D eigenvalue weighted by atomic mass is 32.2. The van der Waals surface area contributed by atoms with Gasteiger partial charge in [-0.3, -0.25) is 28.8 Å². The van der Waals surface area contributed by atoms with Gasteiger partial charge in [-0.25, -0.2) is 9.59 Å². The number of anilines is 3. The van der Waals surface area contributed by atoms with E-state index in [0.717, 1.165) is 211 Å². The van der Waals surface area contributed by atoms with Crippen LogP contribution in [0.25, 0.3) is 0 Å². The molecule has 1 aromatic rings. The molecule has 1 aromatic heterocycles. The van der Waals surface area contributed by atoms with Gasteiger partial charge >= 0.3 is 12.1 Å². The summed E-state index contributed by atoms with van der Waals surface area (Å²) in [5.74, 6) is 4.95. The number of nitrogens with one attached hydrogen (secondary N) is 8. The van der Waals surface area contributed by atoms with Crippen molar-refractivity contribution in [3.05, 3.63) is 0 Å². The number of unbranched alkanes of at least 4 members (excludes halogenated alkanes) is 18. The number of thioether (sulfide) groups is 2. The summed E-state index contributed by atoms with van der Waals surface area (Å²) in [7, 11) is 0. The summed E-state index contributed by atoms with van der Waals surface area (Å²) >= 11 is 3.85. The van der Waals surface area contributed by atoms with E-state index >= 15 is 0 Å². The van der Waals surface area contributed by atoms with Gasteiger partial charge in [0.1, 0.15) is 11.6 Å². The summed E-state index contributed by atoms with van der Waals surface area (Å²) in [4.78, 5) is 122. The van der Waals surface area contributed by atoms with Crippen molar-refractivity contribution >= 4 is 88.6 Å². The van der Waals surface area contributed by atoms with Gasteiger partial charge in [-0.2, -0.15) is 38.5 Å². The Morgan fingerprint density at radius 3 is 1.06 bits per heavy atom. The molecule has 8 heterocycles. The zero-order valence-corrected chi connectivity index (χ0v) is 59.0. The van der Waals surface area contributed by atoms with E-state index < -0.39 is 0 Å². The van der Waals surface area contributed by atoms with E-state index in [1.54, 1.807) is 0 Å². The fourth-order valence-corrected chi connectivity index (χ4v) is 17.8. The first-order chi connectivity index (χ1) is 46.3. The number of urea groups is 2. The Labute approximate surface area is 575 Å². The smallest absolute Gasteiger partial charge is 0.315 e. The molecule has 6 unspecified atom stereocenters. The van der Waals surface area contributed by atoms with E-state index in [1.807, 2.05) is 23.5 Å². The third-order valence-electron chi connectivity index (χ3n) is 20.5. The maximum absolute atomic E-state index is 13.1. The first-order valence-electron chi connectivity index (χ1n) is 37.6. The average Bonchev–Trinajstić information content (AvgIpc) is 1.78. The van der Waals surface area contributed by atoms with Crippen LogP contribution in [0.1, 0.15) is 257 Å². The molecule has 0 aliphatic carbocycles. The van der Waals surface area contributed by atoms with Crippen LogP contribution in [0.3, 0.4) is 0 Å². The lowest BCUT2D eigenvalue weighted by Gasteiger charge is -2.36. The zero-order chi connectivity index (χ0) is 66.8. The van der Waals surface area contributed by atoms with E-state index in [2.05, 4.69) is 57.2 Å². The number of piperidine rings is 3. The normalized spacial score (nSPS) is 22.2. The minimum absolute atomic E-state index is 0.0404. The van der Waals surface area contributed by atoms with Crippen LogP contribution in [0.4, 0.5) is 27.4 Å². The molecule has 23 nitrogen and oxygen atoms in total. The Bertz CT molecular complexity index is 2530. The van der Waals surface area contributed by atoms with Crippen molar-refractivity contribution in [1.29, 1.82) is 0 Å². The number of fused-ring (bicyclic) bond motifs is 2. The molecule has 25 heteroatoms. The van der Waals surface area contributed by atoms with Gasteiger partial charge in [0.25, 0.3) is 0 Å². The summed E-state index contributed by atoms with van der Waals surface area (Å²) < 4.78 is 0. The van der Waals surface area contributed by atoms with E-state index in [-0.39, 0.29) is 78.0 Å². The standard InChI is InChI=1S/C70H119N15O8S2/c71-41-23-11-18-34-63(91)75-53-39-47-85(48-40-53)68-81-66(83-43-35-51(36-44-83)73-61(89)32-16-8-6-4-2-1-3-5-7-13-25-55(87)28-19-20-29-58-64-56(49-94-58)76-69(92)78-64)80-67(82-68)84-45-37-52(38-46-84)74-62(90)33-17-10-9-14-26-54(86)27-15-12-24-42-72-60(88)31-22-21-30-59-65-57(50-95-59)77-70(93)79-65/h51-53,56-59,64-65H,1-50,71H2,(H,72,88)(H,73,89)(H,74,90)(H,75,91)(H2,76,78,92)(H2,77,79,93). The fourth-order valence-electron chi connectivity index (χ4n) is 14.7. The summed E-state index contributed by atoms with van der Waals surface area (Å²) in [6, 6.07) is 1.13. The molecule has 0 aromatic carbocycles. The van der Waals surface area contributed by atoms with Crippen LogP contribution in [0.5, 0.6) is 0 Å². The zero-order valence-electron chi connectivity index (χ0n) is 57.4. The molecule has 8 amide bonds. The highest BCUT2D eigenvalue weighted by molar-refractivity contribution is 8.00. The van der Waals surface area contributed by atoms with Crippen LogP contribution in [0, 0.1) is 0 Å². The lowest BCUT2D eigenvalue weighted by Crippen LogP contribution is -2.47. The van der Waals surface area contributed by atoms with Crippen molar-refractivity contribution in [2.24, 2.45) is 5.73 Å². The van der Waals surface area contributed by atoms with Gasteiger partial charge in [0.2, 0.25) is 41.5 Å². The van der Waals surface area contributed by atoms with Gasteiger partial charge in [0.15, 0.2) is 0 Å². The Balaban J connectivity index is 0.648. The number of rotatable bonds is 47. The average molecular weight is 1360 g/mol. The van der Waals surface area contributed by atoms with Crippen molar-refractivity contribution in [3.8, 4) is 0 Å². The van der Waals surface area contributed by atoms with Gasteiger partial charge in [-0.1, -0.05) is 89.9 Å². The molecule has 7 fully saturated rings. The molecule has 7 aliphatic heterocycles. The quantitative estimate of drug-likeness (QED) is 0.0217. The highest BCUT2D eigenvalue weighted by Crippen LogP contribution is 2.35. The lowest BCUT2D eigenvalue weighted by atomic mass is 10.0. The van der Waals surface area contributed by atoms with E-state index in [0.29, 0.717) is 117 Å². The van der Waals surface area contributed by atoms with Crippen molar-refractivity contribution in [3.63, 3.8) is 0 Å². The number of nitrogens with zero attached hydrogens (tertiary/aromatic N) is 6. The number of nitrogens with two attached hydrogens (primary N) is 1. The Morgan fingerprint density at radius 1 is 0.389 bits per heavy atom. The van der Waals surface area contributed by atoms with Crippen LogP contribution in [-0.4, -0.2) is 179 Å². The third-order valence-corrected chi connectivity index (χ3v) is 23.5. The highest BCUT2D eigenvalue weighted by Gasteiger charge is 2.44. The molecule has 0 radical (unpaired) electrons. The second kappa shape index (κ2) is 42.6. The summed E-state index contributed by atoms with van der Waals surface area (Å²) in [6.07, 6.45) is 35.4. The Morgan fingerprint density at radius 2 is 0.695 bits per heavy atom. The van der Waals surface area contributed by atoms with Crippen LogP contribution < -0.4 is 63.0 Å². The molecule has 10 N–H and O–H groups in total. The minimum Gasteiger partial charge on any atom is -0.356 e. The second-order valence-electron chi connectivity index (χ2n) is 28.2. The number of carbonyl (C=O) groups is 8. The number of ketones is 2. The lowest BCUT2D eigenvalue weighted by molar-refractivity contribution is -0.122. The number of carbonyl (C=O) groups excluding carboxylic acids is 8. The van der Waals surface area contributed by atoms with Crippen molar-refractivity contribution in [2.75, 3.05) is 78.6 Å². The van der Waals surface area contributed by atoms with Gasteiger partial charge in [-0.05, 0) is 122 Å². The summed E-state index contributed by atoms with van der Waals surface area (Å²) in [6.45, 7) is 5.57. The molecule has 534 valence electrons. The Kier molecular flexibility index (Phi) is 33.9. The topological polar surface area (TPSA) is 307 Å². The molecule has 7 saturated heterocycles. The molecule has 0 saturated carbocycles. The van der Waals surface area contributed by atoms with Crippen LogP contribution in [0.2, 0.25) is 0 Å². The van der Waals surface area contributed by atoms with Crippen molar-refractivity contribution in [2.45, 2.75) is 310 Å². The summed E-state index contributed by atoms with van der Waals surface area (Å²) in [5.41, 5.74) is 5.65. The fraction of sp³-hybridized carbons (Fsp3) is 0.843. The number of aromatic nitrogens is 3. The number of amides is 8. The van der Waals surface area contributed by atoms with E-state index in [4.69, 9.17) is 20.7 Å². The summed E-state index contributed by atoms with van der Waals surface area (Å²) in [5, 5.41) is 25.8. The van der Waals surface area contributed by atoms with Crippen LogP contribution in [0.15, 0.2) is 0 Å². The van der Waals surface area contributed by atoms with Gasteiger partial charge in [-0.15, -0.1) is 0 Å².